The molecule has 0 amide bonds. The molecule has 0 aromatic heterocycles. The molecule has 0 saturated heterocycles. The lowest BCUT2D eigenvalue weighted by Gasteiger charge is -2.34. The Morgan fingerprint density at radius 2 is 1.81 bits per heavy atom. The summed E-state index contributed by atoms with van der Waals surface area (Å²) in [6.45, 7) is 1.88. The molecule has 0 aliphatic carbocycles. The maximum atomic E-state index is 14.3. The van der Waals surface area contributed by atoms with E-state index in [2.05, 4.69) is 5.32 Å². The summed E-state index contributed by atoms with van der Waals surface area (Å²) in [6.07, 6.45) is -4.88. The van der Waals surface area contributed by atoms with Gasteiger partial charge in [0, 0.05) is 18.2 Å². The maximum absolute atomic E-state index is 14.3. The molecule has 0 fully saturated rings. The Labute approximate surface area is 148 Å². The Kier molecular flexibility index (Phi) is 4.82. The number of hydrogen-bond acceptors (Lipinski definition) is 2. The molecule has 2 nitrogen and oxygen atoms in total. The predicted octanol–water partition coefficient (Wildman–Crippen LogP) is 6.02. The van der Waals surface area contributed by atoms with Gasteiger partial charge in [-0.15, -0.1) is 0 Å². The topological polar surface area (TPSA) is 15.3 Å². The molecule has 3 rings (SSSR count). The summed E-state index contributed by atoms with van der Waals surface area (Å²) in [7, 11) is 0. The van der Waals surface area contributed by atoms with E-state index in [1.807, 2.05) is 0 Å². The molecule has 2 aromatic carbocycles. The van der Waals surface area contributed by atoms with Crippen LogP contribution in [0.3, 0.4) is 0 Å². The molecule has 1 unspecified atom stereocenters. The van der Waals surface area contributed by atoms with Crippen LogP contribution in [0.2, 0.25) is 0 Å². The van der Waals surface area contributed by atoms with Gasteiger partial charge in [-0.05, 0) is 37.1 Å². The molecule has 1 heterocycles. The van der Waals surface area contributed by atoms with E-state index in [1.165, 1.54) is 6.07 Å². The van der Waals surface area contributed by atoms with Crippen LogP contribution in [-0.2, 0) is 0 Å². The van der Waals surface area contributed by atoms with Gasteiger partial charge in [0.05, 0.1) is 23.5 Å². The van der Waals surface area contributed by atoms with Crippen molar-refractivity contribution in [3.8, 4) is 0 Å². The van der Waals surface area contributed by atoms with Crippen LogP contribution in [0.1, 0.15) is 26.2 Å². The molecule has 1 N–H and O–H groups in total. The first-order chi connectivity index (χ1) is 12.2. The Morgan fingerprint density at radius 1 is 1.08 bits per heavy atom. The molecule has 0 radical (unpaired) electrons. The zero-order valence-corrected chi connectivity index (χ0v) is 14.2. The largest absolute Gasteiger partial charge is 0.391 e. The lowest BCUT2D eigenvalue weighted by atomic mass is 9.87. The van der Waals surface area contributed by atoms with Crippen molar-refractivity contribution in [1.82, 2.24) is 0 Å². The van der Waals surface area contributed by atoms with Crippen LogP contribution < -0.4 is 10.2 Å². The Balaban J connectivity index is 2.05. The van der Waals surface area contributed by atoms with Gasteiger partial charge in [0.2, 0.25) is 0 Å². The number of alkyl halides is 3. The van der Waals surface area contributed by atoms with Gasteiger partial charge < -0.3 is 10.2 Å². The summed E-state index contributed by atoms with van der Waals surface area (Å²) in [4.78, 5) is 1.60. The van der Waals surface area contributed by atoms with Gasteiger partial charge in [0.15, 0.2) is 0 Å². The van der Waals surface area contributed by atoms with Crippen LogP contribution in [0.4, 0.5) is 39.0 Å². The van der Waals surface area contributed by atoms with Crippen LogP contribution >= 0.6 is 0 Å². The molecule has 1 aliphatic heterocycles. The highest BCUT2D eigenvalue weighted by molar-refractivity contribution is 5.78. The summed E-state index contributed by atoms with van der Waals surface area (Å²) >= 11 is 0. The van der Waals surface area contributed by atoms with E-state index in [1.54, 1.807) is 36.1 Å². The molecule has 26 heavy (non-hydrogen) atoms. The second-order valence-corrected chi connectivity index (χ2v) is 6.57. The monoisotopic (exact) mass is 370 g/mol. The fourth-order valence-corrected chi connectivity index (χ4v) is 3.47. The zero-order valence-electron chi connectivity index (χ0n) is 14.2. The van der Waals surface area contributed by atoms with Gasteiger partial charge >= 0.3 is 6.18 Å². The van der Waals surface area contributed by atoms with Crippen molar-refractivity contribution in [2.24, 2.45) is 0 Å². The number of benzene rings is 2. The molecule has 0 spiro atoms. The van der Waals surface area contributed by atoms with Crippen molar-refractivity contribution < 1.29 is 22.0 Å². The third kappa shape index (κ3) is 3.76. The normalized spacial score (nSPS) is 20.3. The van der Waals surface area contributed by atoms with Gasteiger partial charge in [-0.3, -0.25) is 0 Å². The highest BCUT2D eigenvalue weighted by Gasteiger charge is 2.43. The number of halogens is 5. The number of nitrogens with one attached hydrogen (secondary N) is 1. The molecule has 0 saturated carbocycles. The molecular weight excluding hydrogens is 351 g/mol. The average molecular weight is 370 g/mol. The molecule has 1 atom stereocenters. The Bertz CT molecular complexity index is 790. The molecule has 7 heteroatoms. The average Bonchev–Trinajstić information content (AvgIpc) is 2.71. The second kappa shape index (κ2) is 6.78. The standard InChI is InChI=1S/C19H19F5N2/c1-2-18(12-19(22,23)24)9-10-26(16-8-7-13(20)11-14(16)21)17-6-4-3-5-15(17)25-18/h3-8,11,25H,2,9-10,12H2,1H3. The molecule has 140 valence electrons. The fraction of sp³-hybridized carbons (Fsp3) is 0.368. The summed E-state index contributed by atoms with van der Waals surface area (Å²) in [5.74, 6) is -1.45. The lowest BCUT2D eigenvalue weighted by Crippen LogP contribution is -2.42. The van der Waals surface area contributed by atoms with Gasteiger partial charge in [-0.1, -0.05) is 19.1 Å². The van der Waals surface area contributed by atoms with E-state index in [9.17, 15) is 22.0 Å². The predicted molar refractivity (Wildman–Crippen MR) is 91.7 cm³/mol. The van der Waals surface area contributed by atoms with Crippen molar-refractivity contribution in [2.75, 3.05) is 16.8 Å². The number of rotatable bonds is 3. The van der Waals surface area contributed by atoms with Crippen LogP contribution in [0.25, 0.3) is 0 Å². The molecular formula is C19H19F5N2. The SMILES string of the molecule is CCC1(CC(F)(F)F)CCN(c2ccc(F)cc2F)c2ccccc2N1. The summed E-state index contributed by atoms with van der Waals surface area (Å²) in [6, 6.07) is 10.1. The summed E-state index contributed by atoms with van der Waals surface area (Å²) in [5.41, 5.74) is 0.0227. The summed E-state index contributed by atoms with van der Waals surface area (Å²) in [5, 5.41) is 3.05. The highest BCUT2D eigenvalue weighted by Crippen LogP contribution is 2.43. The van der Waals surface area contributed by atoms with E-state index < -0.39 is 29.8 Å². The highest BCUT2D eigenvalue weighted by atomic mass is 19.4. The first-order valence-corrected chi connectivity index (χ1v) is 8.40. The second-order valence-electron chi connectivity index (χ2n) is 6.57. The quantitative estimate of drug-likeness (QED) is 0.665. The fourth-order valence-electron chi connectivity index (χ4n) is 3.47. The van der Waals surface area contributed by atoms with Crippen molar-refractivity contribution in [3.05, 3.63) is 54.1 Å². The van der Waals surface area contributed by atoms with E-state index in [0.29, 0.717) is 11.4 Å². The van der Waals surface area contributed by atoms with E-state index in [-0.39, 0.29) is 25.1 Å². The van der Waals surface area contributed by atoms with Gasteiger partial charge in [0.25, 0.3) is 0 Å². The van der Waals surface area contributed by atoms with Crippen molar-refractivity contribution in [3.63, 3.8) is 0 Å². The number of nitrogens with zero attached hydrogens (tertiary/aromatic N) is 1. The first-order valence-electron chi connectivity index (χ1n) is 8.40. The molecule has 0 bridgehead atoms. The lowest BCUT2D eigenvalue weighted by molar-refractivity contribution is -0.146. The van der Waals surface area contributed by atoms with Crippen molar-refractivity contribution in [1.29, 1.82) is 0 Å². The summed E-state index contributed by atoms with van der Waals surface area (Å²) < 4.78 is 67.0. The van der Waals surface area contributed by atoms with Gasteiger partial charge in [0.1, 0.15) is 11.6 Å². The molecule has 2 aromatic rings. The van der Waals surface area contributed by atoms with Gasteiger partial charge in [-0.25, -0.2) is 8.78 Å². The zero-order chi connectivity index (χ0) is 18.9. The van der Waals surface area contributed by atoms with E-state index in [0.717, 1.165) is 12.1 Å². The van der Waals surface area contributed by atoms with Crippen molar-refractivity contribution >= 4 is 17.1 Å². The Hall–Kier alpha value is -2.31. The van der Waals surface area contributed by atoms with Crippen molar-refractivity contribution in [2.45, 2.75) is 37.9 Å². The Morgan fingerprint density at radius 3 is 2.46 bits per heavy atom. The number of fused-ring (bicyclic) bond motifs is 1. The van der Waals surface area contributed by atoms with Crippen LogP contribution in [0, 0.1) is 11.6 Å². The first kappa shape index (κ1) is 18.5. The van der Waals surface area contributed by atoms with Crippen LogP contribution in [0.5, 0.6) is 0 Å². The minimum atomic E-state index is -4.33. The van der Waals surface area contributed by atoms with Crippen LogP contribution in [-0.4, -0.2) is 18.3 Å². The van der Waals surface area contributed by atoms with E-state index >= 15 is 0 Å². The number of para-hydroxylation sites is 2. The van der Waals surface area contributed by atoms with Crippen LogP contribution in [0.15, 0.2) is 42.5 Å². The smallest absolute Gasteiger partial charge is 0.378 e. The molecule has 1 aliphatic rings. The third-order valence-electron chi connectivity index (χ3n) is 4.82. The number of anilines is 3. The van der Waals surface area contributed by atoms with Gasteiger partial charge in [-0.2, -0.15) is 13.2 Å². The minimum absolute atomic E-state index is 0.138. The third-order valence-corrected chi connectivity index (χ3v) is 4.82. The maximum Gasteiger partial charge on any atom is 0.391 e. The number of hydrogen-bond donors (Lipinski definition) is 1. The minimum Gasteiger partial charge on any atom is -0.378 e. The van der Waals surface area contributed by atoms with E-state index in [4.69, 9.17) is 0 Å².